The molecule has 1 aliphatic carbocycles. The maximum absolute atomic E-state index is 9.09. The molecule has 0 aromatic heterocycles. The Balaban J connectivity index is 2.38. The molecular formula is C13H18O. The summed E-state index contributed by atoms with van der Waals surface area (Å²) in [5.41, 5.74) is 3.99. The van der Waals surface area contributed by atoms with E-state index in [-0.39, 0.29) is 6.61 Å². The third kappa shape index (κ3) is 1.83. The highest BCUT2D eigenvalue weighted by atomic mass is 16.3. The van der Waals surface area contributed by atoms with Gasteiger partial charge in [0.2, 0.25) is 0 Å². The zero-order valence-corrected chi connectivity index (χ0v) is 8.96. The molecule has 1 aromatic carbocycles. The Morgan fingerprint density at radius 1 is 1.36 bits per heavy atom. The van der Waals surface area contributed by atoms with Gasteiger partial charge in [-0.25, -0.2) is 0 Å². The minimum atomic E-state index is 0.165. The summed E-state index contributed by atoms with van der Waals surface area (Å²) in [6.45, 7) is 4.64. The van der Waals surface area contributed by atoms with Crippen molar-refractivity contribution in [1.82, 2.24) is 0 Å². The van der Waals surface area contributed by atoms with Crippen LogP contribution in [0.3, 0.4) is 0 Å². The lowest BCUT2D eigenvalue weighted by molar-refractivity contribution is 0.281. The highest BCUT2D eigenvalue weighted by molar-refractivity contribution is 5.38. The van der Waals surface area contributed by atoms with Crippen molar-refractivity contribution in [2.45, 2.75) is 45.1 Å². The first-order valence-electron chi connectivity index (χ1n) is 5.46. The zero-order valence-electron chi connectivity index (χ0n) is 8.96. The molecule has 1 N–H and O–H groups in total. The molecular weight excluding hydrogens is 172 g/mol. The lowest BCUT2D eigenvalue weighted by Crippen LogP contribution is -1.96. The van der Waals surface area contributed by atoms with Gasteiger partial charge in [-0.15, -0.1) is 0 Å². The van der Waals surface area contributed by atoms with Gasteiger partial charge in [0.1, 0.15) is 0 Å². The topological polar surface area (TPSA) is 20.2 Å². The van der Waals surface area contributed by atoms with Crippen LogP contribution in [0.5, 0.6) is 0 Å². The second-order valence-corrected chi connectivity index (χ2v) is 4.55. The molecule has 1 saturated carbocycles. The average molecular weight is 190 g/mol. The van der Waals surface area contributed by atoms with Crippen LogP contribution >= 0.6 is 0 Å². The zero-order chi connectivity index (χ0) is 10.1. The Labute approximate surface area is 85.8 Å². The van der Waals surface area contributed by atoms with Crippen LogP contribution in [0.25, 0.3) is 0 Å². The van der Waals surface area contributed by atoms with Crippen LogP contribution in [0.2, 0.25) is 0 Å². The summed E-state index contributed by atoms with van der Waals surface area (Å²) in [6, 6.07) is 6.41. The first-order chi connectivity index (χ1) is 6.72. The van der Waals surface area contributed by atoms with Crippen molar-refractivity contribution in [1.29, 1.82) is 0 Å². The van der Waals surface area contributed by atoms with Gasteiger partial charge < -0.3 is 5.11 Å². The summed E-state index contributed by atoms with van der Waals surface area (Å²) in [7, 11) is 0. The van der Waals surface area contributed by atoms with Gasteiger partial charge in [0, 0.05) is 0 Å². The molecule has 0 radical (unpaired) electrons. The van der Waals surface area contributed by atoms with Crippen LogP contribution in [-0.2, 0) is 6.61 Å². The summed E-state index contributed by atoms with van der Waals surface area (Å²) in [5, 5.41) is 9.09. The van der Waals surface area contributed by atoms with Crippen molar-refractivity contribution in [2.24, 2.45) is 0 Å². The average Bonchev–Trinajstić information content (AvgIpc) is 3.00. The number of hydrogen-bond acceptors (Lipinski definition) is 1. The molecule has 0 spiro atoms. The maximum atomic E-state index is 9.09. The number of benzene rings is 1. The van der Waals surface area contributed by atoms with E-state index in [1.807, 2.05) is 6.07 Å². The Hall–Kier alpha value is -0.820. The summed E-state index contributed by atoms with van der Waals surface area (Å²) >= 11 is 0. The molecule has 1 aromatic rings. The van der Waals surface area contributed by atoms with E-state index in [0.717, 1.165) is 11.5 Å². The molecule has 0 heterocycles. The monoisotopic (exact) mass is 190 g/mol. The van der Waals surface area contributed by atoms with Gasteiger partial charge in [0.15, 0.2) is 0 Å². The molecule has 0 amide bonds. The highest BCUT2D eigenvalue weighted by Gasteiger charge is 2.26. The standard InChI is InChI=1S/C13H18O/c1-9(2)12-6-3-10(8-14)7-13(12)11-4-5-11/h3,6-7,9,11,14H,4-5,8H2,1-2H3. The van der Waals surface area contributed by atoms with Gasteiger partial charge in [-0.05, 0) is 41.4 Å². The van der Waals surface area contributed by atoms with E-state index in [0.29, 0.717) is 5.92 Å². The van der Waals surface area contributed by atoms with Gasteiger partial charge in [-0.1, -0.05) is 32.0 Å². The van der Waals surface area contributed by atoms with E-state index >= 15 is 0 Å². The SMILES string of the molecule is CC(C)c1ccc(CO)cc1C1CC1. The first-order valence-corrected chi connectivity index (χ1v) is 5.46. The predicted octanol–water partition coefficient (Wildman–Crippen LogP) is 3.18. The normalized spacial score (nSPS) is 16.3. The van der Waals surface area contributed by atoms with Crippen molar-refractivity contribution in [3.05, 3.63) is 34.9 Å². The summed E-state index contributed by atoms with van der Waals surface area (Å²) in [5.74, 6) is 1.37. The van der Waals surface area contributed by atoms with Crippen LogP contribution < -0.4 is 0 Å². The first kappa shape index (κ1) is 9.72. The third-order valence-corrected chi connectivity index (χ3v) is 2.97. The van der Waals surface area contributed by atoms with Gasteiger partial charge in [-0.2, -0.15) is 0 Å². The van der Waals surface area contributed by atoms with E-state index in [2.05, 4.69) is 26.0 Å². The van der Waals surface area contributed by atoms with Crippen molar-refractivity contribution in [3.63, 3.8) is 0 Å². The van der Waals surface area contributed by atoms with Gasteiger partial charge in [0.05, 0.1) is 6.61 Å². The molecule has 1 aliphatic rings. The Kier molecular flexibility index (Phi) is 2.60. The maximum Gasteiger partial charge on any atom is 0.0681 e. The smallest absolute Gasteiger partial charge is 0.0681 e. The van der Waals surface area contributed by atoms with E-state index in [1.54, 1.807) is 0 Å². The minimum Gasteiger partial charge on any atom is -0.392 e. The Morgan fingerprint density at radius 3 is 2.57 bits per heavy atom. The quantitative estimate of drug-likeness (QED) is 0.776. The molecule has 14 heavy (non-hydrogen) atoms. The summed E-state index contributed by atoms with van der Waals surface area (Å²) in [6.07, 6.45) is 2.66. The largest absolute Gasteiger partial charge is 0.392 e. The van der Waals surface area contributed by atoms with Crippen LogP contribution in [0.4, 0.5) is 0 Å². The van der Waals surface area contributed by atoms with Gasteiger partial charge in [-0.3, -0.25) is 0 Å². The fraction of sp³-hybridized carbons (Fsp3) is 0.538. The molecule has 0 bridgehead atoms. The molecule has 2 rings (SSSR count). The fourth-order valence-electron chi connectivity index (χ4n) is 2.00. The number of aliphatic hydroxyl groups is 1. The molecule has 1 nitrogen and oxygen atoms in total. The minimum absolute atomic E-state index is 0.165. The summed E-state index contributed by atoms with van der Waals surface area (Å²) in [4.78, 5) is 0. The Bertz CT molecular complexity index is 324. The Morgan fingerprint density at radius 2 is 2.07 bits per heavy atom. The molecule has 0 unspecified atom stereocenters. The molecule has 0 saturated heterocycles. The van der Waals surface area contributed by atoms with E-state index in [1.165, 1.54) is 24.0 Å². The predicted molar refractivity (Wildman–Crippen MR) is 58.4 cm³/mol. The van der Waals surface area contributed by atoms with E-state index < -0.39 is 0 Å². The molecule has 1 fully saturated rings. The lowest BCUT2D eigenvalue weighted by atomic mass is 9.93. The number of aliphatic hydroxyl groups excluding tert-OH is 1. The van der Waals surface area contributed by atoms with E-state index in [4.69, 9.17) is 5.11 Å². The molecule has 76 valence electrons. The van der Waals surface area contributed by atoms with Crippen LogP contribution in [0.15, 0.2) is 18.2 Å². The third-order valence-electron chi connectivity index (χ3n) is 2.97. The number of hydrogen-bond donors (Lipinski definition) is 1. The fourth-order valence-corrected chi connectivity index (χ4v) is 2.00. The highest BCUT2D eigenvalue weighted by Crippen LogP contribution is 2.43. The second kappa shape index (κ2) is 3.74. The molecule has 0 atom stereocenters. The second-order valence-electron chi connectivity index (χ2n) is 4.55. The van der Waals surface area contributed by atoms with E-state index in [9.17, 15) is 0 Å². The molecule has 0 aliphatic heterocycles. The lowest BCUT2D eigenvalue weighted by Gasteiger charge is -2.13. The molecule has 1 heteroatoms. The summed E-state index contributed by atoms with van der Waals surface area (Å²) < 4.78 is 0. The van der Waals surface area contributed by atoms with Gasteiger partial charge in [0.25, 0.3) is 0 Å². The van der Waals surface area contributed by atoms with Crippen LogP contribution in [0.1, 0.15) is 55.2 Å². The van der Waals surface area contributed by atoms with Crippen molar-refractivity contribution in [2.75, 3.05) is 0 Å². The van der Waals surface area contributed by atoms with Crippen molar-refractivity contribution >= 4 is 0 Å². The van der Waals surface area contributed by atoms with Crippen molar-refractivity contribution in [3.8, 4) is 0 Å². The number of rotatable bonds is 3. The van der Waals surface area contributed by atoms with Crippen LogP contribution in [0, 0.1) is 0 Å². The van der Waals surface area contributed by atoms with Crippen molar-refractivity contribution < 1.29 is 5.11 Å². The van der Waals surface area contributed by atoms with Gasteiger partial charge >= 0.3 is 0 Å². The van der Waals surface area contributed by atoms with Crippen LogP contribution in [-0.4, -0.2) is 5.11 Å².